The molecule has 0 spiro atoms. The second kappa shape index (κ2) is 5.99. The van der Waals surface area contributed by atoms with Gasteiger partial charge in [-0.15, -0.1) is 0 Å². The van der Waals surface area contributed by atoms with E-state index in [4.69, 9.17) is 4.74 Å². The molecule has 5 fully saturated rings. The highest BCUT2D eigenvalue weighted by atomic mass is 16.5. The highest BCUT2D eigenvalue weighted by Crippen LogP contribution is 2.47. The van der Waals surface area contributed by atoms with Gasteiger partial charge in [0.2, 0.25) is 5.91 Å². The number of ether oxygens (including phenoxy) is 1. The molecule has 5 heteroatoms. The van der Waals surface area contributed by atoms with E-state index < -0.39 is 0 Å². The Bertz CT molecular complexity index is 481. The summed E-state index contributed by atoms with van der Waals surface area (Å²) in [5.74, 6) is 2.70. The van der Waals surface area contributed by atoms with E-state index in [2.05, 4.69) is 4.90 Å². The van der Waals surface area contributed by atoms with Crippen LogP contribution in [-0.2, 0) is 9.53 Å². The summed E-state index contributed by atoms with van der Waals surface area (Å²) in [6, 6.07) is 0.465. The van der Waals surface area contributed by atoms with Crippen molar-refractivity contribution in [3.05, 3.63) is 0 Å². The number of piperidine rings is 1. The Balaban J connectivity index is 1.47. The van der Waals surface area contributed by atoms with Gasteiger partial charge in [-0.05, 0) is 62.7 Å². The number of carbonyl (C=O) groups excluding carboxylic acids is 2. The van der Waals surface area contributed by atoms with Crippen LogP contribution in [0.2, 0.25) is 0 Å². The Labute approximate surface area is 138 Å². The summed E-state index contributed by atoms with van der Waals surface area (Å²) < 4.78 is 4.83. The van der Waals surface area contributed by atoms with E-state index in [1.807, 2.05) is 0 Å². The van der Waals surface area contributed by atoms with Crippen LogP contribution in [0.1, 0.15) is 44.9 Å². The summed E-state index contributed by atoms with van der Waals surface area (Å²) >= 11 is 0. The third kappa shape index (κ3) is 2.83. The second-order valence-electron chi connectivity index (χ2n) is 8.18. The molecule has 0 aromatic carbocycles. The van der Waals surface area contributed by atoms with Gasteiger partial charge in [0.1, 0.15) is 0 Å². The fourth-order valence-corrected chi connectivity index (χ4v) is 5.76. The standard InChI is InChI=1S/C18H28N2O3/c1-23-18(22)19-4-2-3-15(11-19)17(21)20-10-14-6-12-5-13(7-14)9-16(20)8-12/h12-16H,2-11H2,1H3. The van der Waals surface area contributed by atoms with Crippen LogP contribution < -0.4 is 0 Å². The van der Waals surface area contributed by atoms with Crippen LogP contribution in [-0.4, -0.2) is 54.6 Å². The van der Waals surface area contributed by atoms with Crippen LogP contribution in [0, 0.1) is 23.7 Å². The highest BCUT2D eigenvalue weighted by molar-refractivity contribution is 5.80. The predicted molar refractivity (Wildman–Crippen MR) is 85.8 cm³/mol. The summed E-state index contributed by atoms with van der Waals surface area (Å²) in [5, 5.41) is 0. The zero-order chi connectivity index (χ0) is 16.0. The van der Waals surface area contributed by atoms with Crippen molar-refractivity contribution in [2.24, 2.45) is 23.7 Å². The van der Waals surface area contributed by atoms with E-state index in [0.717, 1.165) is 37.1 Å². The minimum Gasteiger partial charge on any atom is -0.453 e. The molecule has 0 N–H and O–H groups in total. The summed E-state index contributed by atoms with van der Waals surface area (Å²) in [7, 11) is 1.41. The lowest BCUT2D eigenvalue weighted by Crippen LogP contribution is -2.50. The molecule has 23 heavy (non-hydrogen) atoms. The van der Waals surface area contributed by atoms with Crippen molar-refractivity contribution in [3.63, 3.8) is 0 Å². The fourth-order valence-electron chi connectivity index (χ4n) is 5.76. The normalized spacial score (nSPS) is 39.3. The molecular weight excluding hydrogens is 292 g/mol. The Morgan fingerprint density at radius 2 is 1.65 bits per heavy atom. The molecule has 128 valence electrons. The molecule has 5 nitrogen and oxygen atoms in total. The van der Waals surface area contributed by atoms with E-state index in [1.165, 1.54) is 39.2 Å². The van der Waals surface area contributed by atoms with Crippen molar-refractivity contribution in [2.45, 2.75) is 51.0 Å². The van der Waals surface area contributed by atoms with Gasteiger partial charge in [-0.25, -0.2) is 4.79 Å². The number of methoxy groups -OCH3 is 1. The lowest BCUT2D eigenvalue weighted by molar-refractivity contribution is -0.140. The van der Waals surface area contributed by atoms with Crippen LogP contribution in [0.25, 0.3) is 0 Å². The predicted octanol–water partition coefficient (Wildman–Crippen LogP) is 2.50. The first-order valence-electron chi connectivity index (χ1n) is 9.27. The van der Waals surface area contributed by atoms with Gasteiger partial charge in [0.05, 0.1) is 13.0 Å². The van der Waals surface area contributed by atoms with E-state index >= 15 is 0 Å². The monoisotopic (exact) mass is 320 g/mol. The number of amides is 2. The minimum atomic E-state index is -0.293. The van der Waals surface area contributed by atoms with Gasteiger partial charge in [0.25, 0.3) is 0 Å². The number of hydrogen-bond donors (Lipinski definition) is 0. The summed E-state index contributed by atoms with van der Waals surface area (Å²) in [5.41, 5.74) is 0. The molecule has 0 aromatic heterocycles. The van der Waals surface area contributed by atoms with Gasteiger partial charge in [-0.3, -0.25) is 4.79 Å². The molecule has 2 amide bonds. The Morgan fingerprint density at radius 3 is 2.35 bits per heavy atom. The number of fused-ring (bicyclic) bond motifs is 1. The number of hydrogen-bond acceptors (Lipinski definition) is 3. The van der Waals surface area contributed by atoms with E-state index in [1.54, 1.807) is 4.90 Å². The molecule has 2 aliphatic carbocycles. The maximum atomic E-state index is 13.2. The van der Waals surface area contributed by atoms with Gasteiger partial charge in [-0.2, -0.15) is 0 Å². The molecule has 5 rings (SSSR count). The van der Waals surface area contributed by atoms with Crippen LogP contribution in [0.15, 0.2) is 0 Å². The molecule has 3 aliphatic heterocycles. The molecule has 0 aromatic rings. The SMILES string of the molecule is COC(=O)N1CCCC(C(=O)N2CC3CC4CC(C3)CC2C4)C1. The zero-order valence-corrected chi connectivity index (χ0v) is 14.1. The molecule has 3 unspecified atom stereocenters. The Hall–Kier alpha value is -1.26. The minimum absolute atomic E-state index is 0.0291. The number of nitrogens with zero attached hydrogens (tertiary/aromatic N) is 2. The van der Waals surface area contributed by atoms with Crippen molar-refractivity contribution in [1.29, 1.82) is 0 Å². The van der Waals surface area contributed by atoms with Crippen LogP contribution in [0.5, 0.6) is 0 Å². The van der Waals surface area contributed by atoms with Gasteiger partial charge >= 0.3 is 6.09 Å². The van der Waals surface area contributed by atoms with Gasteiger partial charge in [0.15, 0.2) is 0 Å². The topological polar surface area (TPSA) is 49.9 Å². The molecule has 2 saturated carbocycles. The second-order valence-corrected chi connectivity index (χ2v) is 8.18. The molecule has 3 heterocycles. The smallest absolute Gasteiger partial charge is 0.409 e. The first-order valence-corrected chi connectivity index (χ1v) is 9.27. The van der Waals surface area contributed by atoms with Crippen LogP contribution in [0.4, 0.5) is 4.79 Å². The molecular formula is C18H28N2O3. The first-order chi connectivity index (χ1) is 11.1. The third-order valence-corrected chi connectivity index (χ3v) is 6.59. The maximum absolute atomic E-state index is 13.2. The van der Waals surface area contributed by atoms with Crippen LogP contribution in [0.3, 0.4) is 0 Å². The largest absolute Gasteiger partial charge is 0.453 e. The number of carbonyl (C=O) groups is 2. The first kappa shape index (κ1) is 15.3. The summed E-state index contributed by atoms with van der Waals surface area (Å²) in [6.07, 6.45) is 8.00. The van der Waals surface area contributed by atoms with Crippen molar-refractivity contribution in [2.75, 3.05) is 26.7 Å². The fraction of sp³-hybridized carbons (Fsp3) is 0.889. The van der Waals surface area contributed by atoms with E-state index in [0.29, 0.717) is 25.0 Å². The average Bonchev–Trinajstić information content (AvgIpc) is 2.77. The maximum Gasteiger partial charge on any atom is 0.409 e. The number of rotatable bonds is 1. The van der Waals surface area contributed by atoms with Gasteiger partial charge in [0, 0.05) is 25.7 Å². The van der Waals surface area contributed by atoms with Crippen LogP contribution >= 0.6 is 0 Å². The Kier molecular flexibility index (Phi) is 3.98. The van der Waals surface area contributed by atoms with E-state index in [-0.39, 0.29) is 12.0 Å². The molecule has 0 radical (unpaired) electrons. The molecule has 3 atom stereocenters. The quantitative estimate of drug-likeness (QED) is 0.746. The Morgan fingerprint density at radius 1 is 0.957 bits per heavy atom. The van der Waals surface area contributed by atoms with Crippen molar-refractivity contribution in [1.82, 2.24) is 9.80 Å². The van der Waals surface area contributed by atoms with Crippen molar-refractivity contribution < 1.29 is 14.3 Å². The summed E-state index contributed by atoms with van der Waals surface area (Å²) in [6.45, 7) is 2.21. The lowest BCUT2D eigenvalue weighted by atomic mass is 9.68. The molecule has 4 bridgehead atoms. The van der Waals surface area contributed by atoms with Gasteiger partial charge < -0.3 is 14.5 Å². The number of likely N-dealkylation sites (tertiary alicyclic amines) is 1. The highest BCUT2D eigenvalue weighted by Gasteiger charge is 2.45. The van der Waals surface area contributed by atoms with E-state index in [9.17, 15) is 9.59 Å². The molecule has 5 aliphatic rings. The van der Waals surface area contributed by atoms with Gasteiger partial charge in [-0.1, -0.05) is 0 Å². The lowest BCUT2D eigenvalue weighted by Gasteiger charge is -2.40. The third-order valence-electron chi connectivity index (χ3n) is 6.59. The summed E-state index contributed by atoms with van der Waals surface area (Å²) in [4.78, 5) is 28.9. The molecule has 3 saturated heterocycles. The zero-order valence-electron chi connectivity index (χ0n) is 14.1. The van der Waals surface area contributed by atoms with Crippen molar-refractivity contribution in [3.8, 4) is 0 Å². The average molecular weight is 320 g/mol. The van der Waals surface area contributed by atoms with Crippen molar-refractivity contribution >= 4 is 12.0 Å².